The highest BCUT2D eigenvalue weighted by molar-refractivity contribution is 5.93. The van der Waals surface area contributed by atoms with E-state index >= 15 is 0 Å². The van der Waals surface area contributed by atoms with Gasteiger partial charge in [-0.25, -0.2) is 19.9 Å². The van der Waals surface area contributed by atoms with Crippen LogP contribution in [0.4, 0.5) is 5.82 Å². The number of aliphatic hydroxyl groups excluding tert-OH is 3. The Kier molecular flexibility index (Phi) is 4.76. The predicted octanol–water partition coefficient (Wildman–Crippen LogP) is -2.96. The second-order valence-corrected chi connectivity index (χ2v) is 6.77. The summed E-state index contributed by atoms with van der Waals surface area (Å²) in [6, 6.07) is -1.15. The Hall–Kier alpha value is -2.97. The van der Waals surface area contributed by atoms with Gasteiger partial charge in [0.2, 0.25) is 11.5 Å². The summed E-state index contributed by atoms with van der Waals surface area (Å²) in [5.41, 5.74) is 10.6. The number of ether oxygens (including phenoxy) is 1. The van der Waals surface area contributed by atoms with E-state index in [1.807, 2.05) is 0 Å². The van der Waals surface area contributed by atoms with Crippen LogP contribution in [0.25, 0.3) is 11.2 Å². The monoisotopic (exact) mass is 404 g/mol. The van der Waals surface area contributed by atoms with Gasteiger partial charge in [-0.2, -0.15) is 0 Å². The van der Waals surface area contributed by atoms with Gasteiger partial charge in [0.25, 0.3) is 0 Å². The minimum atomic E-state index is -2.18. The SMILES string of the molecule is Nc1ncnc2c1ncn2[C@]1(C(=O)C(N)Cc2cnc[nH]2)O[C@H](CO)[C@@H](O)[C@H]1O. The highest BCUT2D eigenvalue weighted by Crippen LogP contribution is 2.39. The normalized spacial score (nSPS) is 28.1. The molecule has 1 saturated heterocycles. The molecule has 154 valence electrons. The molecule has 5 atom stereocenters. The zero-order chi connectivity index (χ0) is 20.8. The lowest BCUT2D eigenvalue weighted by Gasteiger charge is -2.34. The Balaban J connectivity index is 1.84. The third kappa shape index (κ3) is 2.87. The number of aliphatic hydroxyl groups is 3. The highest BCUT2D eigenvalue weighted by Gasteiger charge is 2.61. The van der Waals surface area contributed by atoms with Crippen molar-refractivity contribution in [1.82, 2.24) is 29.5 Å². The van der Waals surface area contributed by atoms with Crippen molar-refractivity contribution >= 4 is 22.8 Å². The van der Waals surface area contributed by atoms with Crippen molar-refractivity contribution in [3.05, 3.63) is 30.9 Å². The molecule has 13 nitrogen and oxygen atoms in total. The molecule has 0 bridgehead atoms. The second-order valence-electron chi connectivity index (χ2n) is 6.77. The van der Waals surface area contributed by atoms with Crippen LogP contribution in [0, 0.1) is 0 Å². The first-order chi connectivity index (χ1) is 13.9. The maximum atomic E-state index is 13.5. The van der Waals surface area contributed by atoms with Crippen molar-refractivity contribution in [2.24, 2.45) is 5.73 Å². The number of nitrogens with one attached hydrogen (secondary N) is 1. The molecular weight excluding hydrogens is 384 g/mol. The summed E-state index contributed by atoms with van der Waals surface area (Å²) in [7, 11) is 0. The van der Waals surface area contributed by atoms with Crippen LogP contribution < -0.4 is 11.5 Å². The summed E-state index contributed by atoms with van der Waals surface area (Å²) in [6.45, 7) is -0.632. The number of fused-ring (bicyclic) bond motifs is 1. The Bertz CT molecular complexity index is 1020. The quantitative estimate of drug-likeness (QED) is 0.244. The van der Waals surface area contributed by atoms with Gasteiger partial charge in [-0.05, 0) is 0 Å². The number of nitrogens with zero attached hydrogens (tertiary/aromatic N) is 5. The smallest absolute Gasteiger partial charge is 0.238 e. The van der Waals surface area contributed by atoms with Gasteiger partial charge in [-0.15, -0.1) is 0 Å². The van der Waals surface area contributed by atoms with Gasteiger partial charge in [0.15, 0.2) is 11.5 Å². The number of nitrogens with two attached hydrogens (primary N) is 2. The van der Waals surface area contributed by atoms with Crippen molar-refractivity contribution in [1.29, 1.82) is 0 Å². The van der Waals surface area contributed by atoms with Gasteiger partial charge >= 0.3 is 0 Å². The fourth-order valence-corrected chi connectivity index (χ4v) is 3.56. The summed E-state index contributed by atoms with van der Waals surface area (Å²) in [5.74, 6) is -0.684. The predicted molar refractivity (Wildman–Crippen MR) is 97.0 cm³/mol. The highest BCUT2D eigenvalue weighted by atomic mass is 16.6. The number of hydrogen-bond donors (Lipinski definition) is 6. The second kappa shape index (κ2) is 7.13. The molecule has 1 fully saturated rings. The molecule has 1 unspecified atom stereocenters. The number of imidazole rings is 2. The third-order valence-corrected chi connectivity index (χ3v) is 5.02. The first kappa shape index (κ1) is 19.4. The molecule has 13 heteroatoms. The number of hydrogen-bond acceptors (Lipinski definition) is 11. The first-order valence-electron chi connectivity index (χ1n) is 8.76. The van der Waals surface area contributed by atoms with Crippen molar-refractivity contribution < 1.29 is 24.9 Å². The van der Waals surface area contributed by atoms with Crippen molar-refractivity contribution in [3.8, 4) is 0 Å². The fraction of sp³-hybridized carbons (Fsp3) is 0.438. The molecule has 0 aliphatic carbocycles. The van der Waals surface area contributed by atoms with Gasteiger partial charge in [-0.3, -0.25) is 9.36 Å². The van der Waals surface area contributed by atoms with Gasteiger partial charge in [0.05, 0.1) is 19.0 Å². The Morgan fingerprint density at radius 3 is 2.83 bits per heavy atom. The largest absolute Gasteiger partial charge is 0.394 e. The standard InChI is InChI=1S/C16H20N8O5/c17-8(1-7-2-19-4-20-7)12(27)16(13(28)11(26)9(3-25)29-16)24-6-23-10-14(18)21-5-22-15(10)24/h2,4-6,8-9,11,13,25-26,28H,1,3,17H2,(H,19,20)(H2,18,21,22)/t8?,9-,11-,13-,16-/m1/s1. The maximum absolute atomic E-state index is 13.5. The van der Waals surface area contributed by atoms with E-state index in [1.54, 1.807) is 0 Å². The topological polar surface area (TPSA) is 211 Å². The van der Waals surface area contributed by atoms with E-state index < -0.39 is 42.5 Å². The van der Waals surface area contributed by atoms with Crippen LogP contribution in [-0.2, 0) is 21.7 Å². The number of carbonyl (C=O) groups excluding carboxylic acids is 1. The fourth-order valence-electron chi connectivity index (χ4n) is 3.56. The van der Waals surface area contributed by atoms with Crippen LogP contribution in [0.15, 0.2) is 25.2 Å². The summed E-state index contributed by atoms with van der Waals surface area (Å²) in [4.78, 5) is 32.2. The molecule has 0 spiro atoms. The summed E-state index contributed by atoms with van der Waals surface area (Å²) >= 11 is 0. The zero-order valence-electron chi connectivity index (χ0n) is 15.1. The molecule has 4 heterocycles. The molecule has 3 aromatic heterocycles. The van der Waals surface area contributed by atoms with Crippen LogP contribution in [0.3, 0.4) is 0 Å². The number of Topliss-reactive ketones (excluding diaryl/α,β-unsaturated/α-hetero) is 1. The van der Waals surface area contributed by atoms with Crippen LogP contribution in [0.2, 0.25) is 0 Å². The number of nitrogen functional groups attached to an aromatic ring is 1. The summed E-state index contributed by atoms with van der Waals surface area (Å²) in [5, 5.41) is 30.8. The lowest BCUT2D eigenvalue weighted by Crippen LogP contribution is -2.57. The molecule has 0 saturated carbocycles. The van der Waals surface area contributed by atoms with Gasteiger partial charge < -0.3 is 36.5 Å². The number of aromatic amines is 1. The number of rotatable bonds is 6. The molecule has 1 aliphatic rings. The van der Waals surface area contributed by atoms with Crippen LogP contribution in [-0.4, -0.2) is 81.6 Å². The van der Waals surface area contributed by atoms with E-state index in [2.05, 4.69) is 24.9 Å². The van der Waals surface area contributed by atoms with Gasteiger partial charge in [0.1, 0.15) is 36.5 Å². The summed E-state index contributed by atoms with van der Waals surface area (Å²) < 4.78 is 6.90. The number of ketones is 1. The van der Waals surface area contributed by atoms with Crippen molar-refractivity contribution in [3.63, 3.8) is 0 Å². The number of carbonyl (C=O) groups is 1. The van der Waals surface area contributed by atoms with Crippen molar-refractivity contribution in [2.45, 2.75) is 36.5 Å². The van der Waals surface area contributed by atoms with Gasteiger partial charge in [0, 0.05) is 18.3 Å². The average molecular weight is 404 g/mol. The molecule has 4 rings (SSSR count). The lowest BCUT2D eigenvalue weighted by atomic mass is 9.92. The molecular formula is C16H20N8O5. The zero-order valence-corrected chi connectivity index (χ0v) is 15.1. The number of aromatic nitrogens is 6. The van der Waals surface area contributed by atoms with Crippen LogP contribution >= 0.6 is 0 Å². The third-order valence-electron chi connectivity index (χ3n) is 5.02. The summed E-state index contributed by atoms with van der Waals surface area (Å²) in [6.07, 6.45) is 0.848. The molecule has 0 amide bonds. The van der Waals surface area contributed by atoms with Crippen LogP contribution in [0.1, 0.15) is 5.69 Å². The molecule has 8 N–H and O–H groups in total. The molecule has 3 aromatic rings. The van der Waals surface area contributed by atoms with E-state index in [1.165, 1.54) is 29.7 Å². The van der Waals surface area contributed by atoms with E-state index in [0.29, 0.717) is 5.69 Å². The Labute approximate surface area is 163 Å². The minimum Gasteiger partial charge on any atom is -0.394 e. The van der Waals surface area contributed by atoms with Crippen LogP contribution in [0.5, 0.6) is 0 Å². The Morgan fingerprint density at radius 2 is 2.17 bits per heavy atom. The molecule has 0 radical (unpaired) electrons. The van der Waals surface area contributed by atoms with E-state index in [-0.39, 0.29) is 23.4 Å². The van der Waals surface area contributed by atoms with E-state index in [0.717, 1.165) is 0 Å². The maximum Gasteiger partial charge on any atom is 0.238 e. The number of anilines is 1. The van der Waals surface area contributed by atoms with E-state index in [4.69, 9.17) is 16.2 Å². The molecule has 29 heavy (non-hydrogen) atoms. The number of H-pyrrole nitrogens is 1. The first-order valence-corrected chi connectivity index (χ1v) is 8.76. The van der Waals surface area contributed by atoms with E-state index in [9.17, 15) is 20.1 Å². The Morgan fingerprint density at radius 1 is 1.38 bits per heavy atom. The minimum absolute atomic E-state index is 0.0600. The van der Waals surface area contributed by atoms with Gasteiger partial charge in [-0.1, -0.05) is 0 Å². The van der Waals surface area contributed by atoms with Crippen molar-refractivity contribution in [2.75, 3.05) is 12.3 Å². The average Bonchev–Trinajstić information content (AvgIpc) is 3.43. The lowest BCUT2D eigenvalue weighted by molar-refractivity contribution is -0.175. The molecule has 0 aromatic carbocycles. The molecule has 1 aliphatic heterocycles.